The van der Waals surface area contributed by atoms with Crippen LogP contribution in [0.15, 0.2) is 200 Å². The lowest BCUT2D eigenvalue weighted by molar-refractivity contribution is 0.250. The highest BCUT2D eigenvalue weighted by molar-refractivity contribution is 6.23. The molecule has 1 nitrogen and oxygen atoms in total. The number of fused-ring (bicyclic) bond motifs is 8. The molecule has 10 aromatic rings. The summed E-state index contributed by atoms with van der Waals surface area (Å²) in [6.45, 7) is 10.1. The maximum atomic E-state index is 2.77. The quantitative estimate of drug-likeness (QED) is 0.126. The van der Waals surface area contributed by atoms with E-state index in [0.717, 1.165) is 6.42 Å². The standard InChI is InChI=1S/C64H51N/c1-63(2)52-33-19-20-34-56(52)65-57-36-35-42(60-48-29-15-11-25-44(48)58(40-21-7-5-8-22-40)45-26-12-16-30-49(45)60)37-53(57)64(3,4)55-39-43(38-54(63)62(55)65)61-50-31-17-13-27-46(50)59(41-23-9-6-10-24-41)47-28-14-18-32-51(47)61/h5-18,20-32,34-39,52,56H,19,33H2,1-4H3. The Morgan fingerprint density at radius 1 is 0.400 bits per heavy atom. The molecule has 0 radical (unpaired) electrons. The van der Waals surface area contributed by atoms with Gasteiger partial charge in [0.2, 0.25) is 0 Å². The van der Waals surface area contributed by atoms with Crippen LogP contribution < -0.4 is 4.90 Å². The average molecular weight is 834 g/mol. The predicted octanol–water partition coefficient (Wildman–Crippen LogP) is 17.4. The van der Waals surface area contributed by atoms with Gasteiger partial charge in [-0.25, -0.2) is 0 Å². The summed E-state index contributed by atoms with van der Waals surface area (Å²) in [4.78, 5) is 2.77. The van der Waals surface area contributed by atoms with Crippen LogP contribution in [0, 0.1) is 5.92 Å². The highest BCUT2D eigenvalue weighted by atomic mass is 15.2. The van der Waals surface area contributed by atoms with E-state index in [1.165, 1.54) is 122 Å². The number of allylic oxidation sites excluding steroid dienone is 1. The van der Waals surface area contributed by atoms with Crippen molar-refractivity contribution in [3.63, 3.8) is 0 Å². The van der Waals surface area contributed by atoms with Gasteiger partial charge < -0.3 is 4.90 Å². The number of hydrogen-bond donors (Lipinski definition) is 0. The van der Waals surface area contributed by atoms with Crippen molar-refractivity contribution in [3.8, 4) is 44.5 Å². The molecule has 0 spiro atoms. The Balaban J connectivity index is 1.09. The fourth-order valence-corrected chi connectivity index (χ4v) is 12.8. The third kappa shape index (κ3) is 5.45. The number of rotatable bonds is 4. The summed E-state index contributed by atoms with van der Waals surface area (Å²) in [6, 6.07) is 71.3. The highest BCUT2D eigenvalue weighted by Crippen LogP contribution is 2.61. The first-order chi connectivity index (χ1) is 31.8. The lowest BCUT2D eigenvalue weighted by Gasteiger charge is -2.56. The minimum Gasteiger partial charge on any atom is -0.333 e. The summed E-state index contributed by atoms with van der Waals surface area (Å²) >= 11 is 0. The molecule has 0 N–H and O–H groups in total. The normalized spacial score (nSPS) is 17.9. The summed E-state index contributed by atoms with van der Waals surface area (Å²) in [5.41, 5.74) is 17.0. The third-order valence-corrected chi connectivity index (χ3v) is 15.8. The fraction of sp³-hybridized carbons (Fsp3) is 0.156. The van der Waals surface area contributed by atoms with Gasteiger partial charge in [0.05, 0.1) is 6.04 Å². The molecule has 2 heterocycles. The molecule has 1 aliphatic carbocycles. The van der Waals surface area contributed by atoms with Gasteiger partial charge in [-0.3, -0.25) is 0 Å². The van der Waals surface area contributed by atoms with E-state index in [1.807, 2.05) is 0 Å². The molecule has 0 saturated heterocycles. The molecular weight excluding hydrogens is 783 g/mol. The van der Waals surface area contributed by atoms with Gasteiger partial charge in [0.25, 0.3) is 0 Å². The molecule has 2 unspecified atom stereocenters. The van der Waals surface area contributed by atoms with Crippen LogP contribution in [-0.2, 0) is 10.8 Å². The van der Waals surface area contributed by atoms with Crippen molar-refractivity contribution < 1.29 is 0 Å². The zero-order valence-corrected chi connectivity index (χ0v) is 37.6. The maximum absolute atomic E-state index is 2.77. The van der Waals surface area contributed by atoms with E-state index in [4.69, 9.17) is 0 Å². The van der Waals surface area contributed by atoms with E-state index in [0.29, 0.717) is 5.92 Å². The number of anilines is 2. The molecule has 312 valence electrons. The molecule has 0 amide bonds. The molecule has 65 heavy (non-hydrogen) atoms. The Kier molecular flexibility index (Phi) is 8.32. The predicted molar refractivity (Wildman–Crippen MR) is 278 cm³/mol. The molecule has 10 aromatic carbocycles. The summed E-state index contributed by atoms with van der Waals surface area (Å²) in [5, 5.41) is 10.3. The van der Waals surface area contributed by atoms with Crippen molar-refractivity contribution in [2.24, 2.45) is 5.92 Å². The van der Waals surface area contributed by atoms with Gasteiger partial charge in [0.15, 0.2) is 0 Å². The molecule has 1 heteroatoms. The Labute approximate surface area is 382 Å². The monoisotopic (exact) mass is 833 g/mol. The van der Waals surface area contributed by atoms with Crippen LogP contribution in [0.3, 0.4) is 0 Å². The third-order valence-electron chi connectivity index (χ3n) is 15.8. The van der Waals surface area contributed by atoms with Gasteiger partial charge in [-0.15, -0.1) is 0 Å². The number of hydrogen-bond acceptors (Lipinski definition) is 1. The van der Waals surface area contributed by atoms with Gasteiger partial charge in [0.1, 0.15) is 0 Å². The minimum absolute atomic E-state index is 0.0482. The lowest BCUT2D eigenvalue weighted by atomic mass is 9.59. The number of benzene rings is 10. The second-order valence-corrected chi connectivity index (χ2v) is 19.9. The minimum atomic E-state index is -0.311. The maximum Gasteiger partial charge on any atom is 0.0559 e. The summed E-state index contributed by atoms with van der Waals surface area (Å²) in [6.07, 6.45) is 7.28. The summed E-state index contributed by atoms with van der Waals surface area (Å²) in [7, 11) is 0. The molecule has 0 fully saturated rings. The fourth-order valence-electron chi connectivity index (χ4n) is 12.8. The van der Waals surface area contributed by atoms with Crippen LogP contribution in [0.25, 0.3) is 87.6 Å². The van der Waals surface area contributed by atoms with Gasteiger partial charge in [-0.1, -0.05) is 204 Å². The van der Waals surface area contributed by atoms with E-state index in [2.05, 4.69) is 233 Å². The van der Waals surface area contributed by atoms with Crippen molar-refractivity contribution in [2.45, 2.75) is 57.4 Å². The highest BCUT2D eigenvalue weighted by Gasteiger charge is 2.51. The number of nitrogens with zero attached hydrogens (tertiary/aromatic N) is 1. The molecule has 13 rings (SSSR count). The van der Waals surface area contributed by atoms with Crippen LogP contribution >= 0.6 is 0 Å². The SMILES string of the molecule is CC1(C)c2cc(-c3c4ccccc4c(-c4ccccc4)c4ccccc34)ccc2N2c3c1cc(-c1c4ccccc4c(-c4ccccc4)c4ccccc14)cc3C(C)(C)C1CCC=CC12. The van der Waals surface area contributed by atoms with Crippen LogP contribution in [0.1, 0.15) is 57.2 Å². The van der Waals surface area contributed by atoms with Gasteiger partial charge in [0, 0.05) is 16.8 Å². The first-order valence-corrected chi connectivity index (χ1v) is 23.6. The van der Waals surface area contributed by atoms with Gasteiger partial charge in [-0.2, -0.15) is 0 Å². The van der Waals surface area contributed by atoms with E-state index < -0.39 is 0 Å². The Morgan fingerprint density at radius 3 is 1.28 bits per heavy atom. The Hall–Kier alpha value is -7.22. The van der Waals surface area contributed by atoms with Crippen molar-refractivity contribution in [3.05, 3.63) is 217 Å². The Bertz CT molecular complexity index is 3490. The largest absolute Gasteiger partial charge is 0.333 e. The molecular formula is C64H51N. The topological polar surface area (TPSA) is 3.24 Å². The van der Waals surface area contributed by atoms with Crippen molar-refractivity contribution >= 4 is 54.5 Å². The summed E-state index contributed by atoms with van der Waals surface area (Å²) < 4.78 is 0. The first-order valence-electron chi connectivity index (χ1n) is 23.6. The summed E-state index contributed by atoms with van der Waals surface area (Å²) in [5.74, 6) is 0.462. The first kappa shape index (κ1) is 38.3. The van der Waals surface area contributed by atoms with Crippen molar-refractivity contribution in [1.82, 2.24) is 0 Å². The smallest absolute Gasteiger partial charge is 0.0559 e. The zero-order chi connectivity index (χ0) is 43.6. The van der Waals surface area contributed by atoms with Crippen molar-refractivity contribution in [2.75, 3.05) is 4.90 Å². The van der Waals surface area contributed by atoms with E-state index in [9.17, 15) is 0 Å². The van der Waals surface area contributed by atoms with E-state index in [-0.39, 0.29) is 16.9 Å². The lowest BCUT2D eigenvalue weighted by Crippen LogP contribution is -2.53. The van der Waals surface area contributed by atoms with Crippen LogP contribution in [0.4, 0.5) is 11.4 Å². The zero-order valence-electron chi connectivity index (χ0n) is 37.6. The molecule has 2 atom stereocenters. The van der Waals surface area contributed by atoms with Gasteiger partial charge >= 0.3 is 0 Å². The molecule has 0 saturated carbocycles. The molecule has 0 aromatic heterocycles. The van der Waals surface area contributed by atoms with Crippen LogP contribution in [0.2, 0.25) is 0 Å². The van der Waals surface area contributed by atoms with Crippen molar-refractivity contribution in [1.29, 1.82) is 0 Å². The van der Waals surface area contributed by atoms with Crippen LogP contribution in [-0.4, -0.2) is 6.04 Å². The second kappa shape index (κ2) is 14.1. The van der Waals surface area contributed by atoms with E-state index >= 15 is 0 Å². The second-order valence-electron chi connectivity index (χ2n) is 19.9. The Morgan fingerprint density at radius 2 is 0.800 bits per heavy atom. The molecule has 2 aliphatic heterocycles. The van der Waals surface area contributed by atoms with Crippen LogP contribution in [0.5, 0.6) is 0 Å². The van der Waals surface area contributed by atoms with Gasteiger partial charge in [-0.05, 0) is 153 Å². The molecule has 0 bridgehead atoms. The molecule has 3 aliphatic rings. The average Bonchev–Trinajstić information content (AvgIpc) is 3.35. The van der Waals surface area contributed by atoms with E-state index in [1.54, 1.807) is 0 Å².